The molecule has 0 saturated carbocycles. The normalized spacial score (nSPS) is 16.9. The van der Waals surface area contributed by atoms with E-state index in [2.05, 4.69) is 5.32 Å². The second kappa shape index (κ2) is 3.51. The van der Waals surface area contributed by atoms with Gasteiger partial charge in [0.05, 0.1) is 12.0 Å². The summed E-state index contributed by atoms with van der Waals surface area (Å²) in [6, 6.07) is 3.96. The Balaban J connectivity index is 2.52. The predicted molar refractivity (Wildman–Crippen MR) is 64.0 cm³/mol. The van der Waals surface area contributed by atoms with E-state index < -0.39 is 5.41 Å². The molecule has 86 valence electrons. The van der Waals surface area contributed by atoms with Crippen LogP contribution in [0.15, 0.2) is 12.1 Å². The van der Waals surface area contributed by atoms with Gasteiger partial charge in [-0.1, -0.05) is 0 Å². The maximum Gasteiger partial charge on any atom is 0.234 e. The number of fused-ring (bicyclic) bond motifs is 1. The highest BCUT2D eigenvalue weighted by molar-refractivity contribution is 6.05. The van der Waals surface area contributed by atoms with Crippen molar-refractivity contribution in [1.29, 1.82) is 0 Å². The monoisotopic (exact) mass is 219 g/mol. The third kappa shape index (κ3) is 1.47. The predicted octanol–water partition coefficient (Wildman–Crippen LogP) is 2.62. The van der Waals surface area contributed by atoms with Crippen molar-refractivity contribution in [1.82, 2.24) is 0 Å². The van der Waals surface area contributed by atoms with Gasteiger partial charge < -0.3 is 10.1 Å². The highest BCUT2D eigenvalue weighted by Gasteiger charge is 2.38. The second-order valence-corrected chi connectivity index (χ2v) is 4.68. The van der Waals surface area contributed by atoms with Crippen molar-refractivity contribution >= 4 is 11.6 Å². The van der Waals surface area contributed by atoms with Crippen LogP contribution < -0.4 is 10.1 Å². The van der Waals surface area contributed by atoms with Crippen molar-refractivity contribution in [3.8, 4) is 5.75 Å². The summed E-state index contributed by atoms with van der Waals surface area (Å²) in [6.45, 7) is 8.47. The van der Waals surface area contributed by atoms with Crippen LogP contribution in [0.25, 0.3) is 0 Å². The molecule has 16 heavy (non-hydrogen) atoms. The summed E-state index contributed by atoms with van der Waals surface area (Å²) in [6.07, 6.45) is 0. The third-order valence-corrected chi connectivity index (χ3v) is 3.10. The molecule has 1 aliphatic heterocycles. The van der Waals surface area contributed by atoms with Crippen LogP contribution in [0, 0.1) is 6.92 Å². The van der Waals surface area contributed by atoms with Crippen molar-refractivity contribution in [3.05, 3.63) is 23.3 Å². The van der Waals surface area contributed by atoms with Crippen LogP contribution in [-0.4, -0.2) is 12.5 Å². The smallest absolute Gasteiger partial charge is 0.234 e. The van der Waals surface area contributed by atoms with Crippen LogP contribution in [0.2, 0.25) is 0 Å². The van der Waals surface area contributed by atoms with E-state index in [0.717, 1.165) is 22.6 Å². The fourth-order valence-electron chi connectivity index (χ4n) is 2.02. The number of aryl methyl sites for hydroxylation is 1. The maximum atomic E-state index is 11.8. The number of carbonyl (C=O) groups excluding carboxylic acids is 1. The number of anilines is 1. The molecule has 0 saturated heterocycles. The lowest BCUT2D eigenvalue weighted by atomic mass is 9.85. The Morgan fingerprint density at radius 1 is 1.38 bits per heavy atom. The zero-order chi connectivity index (χ0) is 11.9. The van der Waals surface area contributed by atoms with Crippen molar-refractivity contribution in [3.63, 3.8) is 0 Å². The number of amides is 1. The molecule has 2 rings (SSSR count). The molecular formula is C13H17NO2. The first-order valence-corrected chi connectivity index (χ1v) is 5.56. The van der Waals surface area contributed by atoms with E-state index in [9.17, 15) is 4.79 Å². The van der Waals surface area contributed by atoms with E-state index in [0.29, 0.717) is 6.61 Å². The van der Waals surface area contributed by atoms with Crippen LogP contribution in [0.1, 0.15) is 31.9 Å². The van der Waals surface area contributed by atoms with Gasteiger partial charge in [0, 0.05) is 11.8 Å². The SMILES string of the molecule is CCOc1cc2c(cc1C)C(C)(C)C(=O)N2. The van der Waals surface area contributed by atoms with Crippen LogP contribution in [-0.2, 0) is 10.2 Å². The molecule has 1 heterocycles. The van der Waals surface area contributed by atoms with E-state index in [4.69, 9.17) is 4.74 Å². The molecular weight excluding hydrogens is 202 g/mol. The number of ether oxygens (including phenoxy) is 1. The minimum atomic E-state index is -0.440. The van der Waals surface area contributed by atoms with Crippen LogP contribution in [0.3, 0.4) is 0 Å². The number of benzene rings is 1. The third-order valence-electron chi connectivity index (χ3n) is 3.10. The number of nitrogens with one attached hydrogen (secondary N) is 1. The zero-order valence-corrected chi connectivity index (χ0v) is 10.2. The van der Waals surface area contributed by atoms with Gasteiger partial charge in [-0.25, -0.2) is 0 Å². The quantitative estimate of drug-likeness (QED) is 0.830. The summed E-state index contributed by atoms with van der Waals surface area (Å²) in [5.41, 5.74) is 2.57. The van der Waals surface area contributed by atoms with Gasteiger partial charge in [-0.05, 0) is 44.9 Å². The highest BCUT2D eigenvalue weighted by Crippen LogP contribution is 2.40. The molecule has 0 atom stereocenters. The molecule has 0 aromatic heterocycles. The molecule has 1 aromatic rings. The largest absolute Gasteiger partial charge is 0.494 e. The first-order chi connectivity index (χ1) is 7.46. The first kappa shape index (κ1) is 11.0. The summed E-state index contributed by atoms with van der Waals surface area (Å²) in [5.74, 6) is 0.898. The Morgan fingerprint density at radius 3 is 2.69 bits per heavy atom. The van der Waals surface area contributed by atoms with E-state index >= 15 is 0 Å². The Bertz CT molecular complexity index is 449. The van der Waals surface area contributed by atoms with Gasteiger partial charge in [-0.2, -0.15) is 0 Å². The number of hydrogen-bond acceptors (Lipinski definition) is 2. The lowest BCUT2D eigenvalue weighted by molar-refractivity contribution is -0.119. The van der Waals surface area contributed by atoms with E-state index in [1.807, 2.05) is 39.8 Å². The Hall–Kier alpha value is -1.51. The van der Waals surface area contributed by atoms with Crippen molar-refractivity contribution in [2.24, 2.45) is 0 Å². The van der Waals surface area contributed by atoms with E-state index in [-0.39, 0.29) is 5.91 Å². The van der Waals surface area contributed by atoms with Crippen molar-refractivity contribution < 1.29 is 9.53 Å². The fraction of sp³-hybridized carbons (Fsp3) is 0.462. The molecule has 3 nitrogen and oxygen atoms in total. The molecule has 0 aliphatic carbocycles. The average Bonchev–Trinajstić information content (AvgIpc) is 2.41. The second-order valence-electron chi connectivity index (χ2n) is 4.68. The Labute approximate surface area is 95.8 Å². The molecule has 1 amide bonds. The van der Waals surface area contributed by atoms with E-state index in [1.54, 1.807) is 0 Å². The molecule has 3 heteroatoms. The summed E-state index contributed by atoms with van der Waals surface area (Å²) < 4.78 is 5.51. The standard InChI is InChI=1S/C13H17NO2/c1-5-16-11-7-10-9(6-8(11)2)13(3,4)12(15)14-10/h6-7H,5H2,1-4H3,(H,14,15). The lowest BCUT2D eigenvalue weighted by Gasteiger charge is -2.16. The molecule has 1 aromatic carbocycles. The van der Waals surface area contributed by atoms with Gasteiger partial charge in [0.1, 0.15) is 5.75 Å². The fourth-order valence-corrected chi connectivity index (χ4v) is 2.02. The molecule has 0 fully saturated rings. The molecule has 1 N–H and O–H groups in total. The molecule has 0 unspecified atom stereocenters. The van der Waals surface area contributed by atoms with Crippen LogP contribution in [0.4, 0.5) is 5.69 Å². The highest BCUT2D eigenvalue weighted by atomic mass is 16.5. The topological polar surface area (TPSA) is 38.3 Å². The maximum absolute atomic E-state index is 11.8. The molecule has 0 spiro atoms. The molecule has 0 bridgehead atoms. The van der Waals surface area contributed by atoms with Gasteiger partial charge >= 0.3 is 0 Å². The zero-order valence-electron chi connectivity index (χ0n) is 10.2. The van der Waals surface area contributed by atoms with Crippen molar-refractivity contribution in [2.45, 2.75) is 33.1 Å². The minimum absolute atomic E-state index is 0.0514. The van der Waals surface area contributed by atoms with Gasteiger partial charge in [0.15, 0.2) is 0 Å². The van der Waals surface area contributed by atoms with Crippen LogP contribution >= 0.6 is 0 Å². The summed E-state index contributed by atoms with van der Waals surface area (Å²) >= 11 is 0. The average molecular weight is 219 g/mol. The van der Waals surface area contributed by atoms with Gasteiger partial charge in [0.2, 0.25) is 5.91 Å². The number of rotatable bonds is 2. The first-order valence-electron chi connectivity index (χ1n) is 5.56. The van der Waals surface area contributed by atoms with Crippen molar-refractivity contribution in [2.75, 3.05) is 11.9 Å². The molecule has 0 radical (unpaired) electrons. The molecule has 1 aliphatic rings. The summed E-state index contributed by atoms with van der Waals surface area (Å²) in [4.78, 5) is 11.8. The minimum Gasteiger partial charge on any atom is -0.494 e. The van der Waals surface area contributed by atoms with Crippen LogP contribution in [0.5, 0.6) is 5.75 Å². The van der Waals surface area contributed by atoms with Gasteiger partial charge in [-0.3, -0.25) is 4.79 Å². The Morgan fingerprint density at radius 2 is 2.06 bits per heavy atom. The number of hydrogen-bond donors (Lipinski definition) is 1. The summed E-state index contributed by atoms with van der Waals surface area (Å²) in [7, 11) is 0. The van der Waals surface area contributed by atoms with Gasteiger partial charge in [0.25, 0.3) is 0 Å². The summed E-state index contributed by atoms with van der Waals surface area (Å²) in [5, 5.41) is 2.89. The van der Waals surface area contributed by atoms with Gasteiger partial charge in [-0.15, -0.1) is 0 Å². The van der Waals surface area contributed by atoms with E-state index in [1.165, 1.54) is 0 Å². The number of carbonyl (C=O) groups is 1. The lowest BCUT2D eigenvalue weighted by Crippen LogP contribution is -2.26. The Kier molecular flexibility index (Phi) is 2.41.